The van der Waals surface area contributed by atoms with E-state index < -0.39 is 10.8 Å². The first kappa shape index (κ1) is 12.5. The summed E-state index contributed by atoms with van der Waals surface area (Å²) in [6, 6.07) is 7.10. The number of hydrogen-bond donors (Lipinski definition) is 2. The van der Waals surface area contributed by atoms with E-state index in [0.717, 1.165) is 5.69 Å². The van der Waals surface area contributed by atoms with E-state index in [2.05, 4.69) is 5.32 Å². The van der Waals surface area contributed by atoms with Gasteiger partial charge in [0, 0.05) is 28.9 Å². The van der Waals surface area contributed by atoms with Gasteiger partial charge in [0.05, 0.1) is 23.0 Å². The standard InChI is InChI=1S/C11H15N3OS/c1-8(16(2)15)7-14-11-5-9(6-12)3-4-10(11)13/h3-5,8,14H,7,13H2,1-2H3. The molecule has 0 aliphatic heterocycles. The average Bonchev–Trinajstić information content (AvgIpc) is 2.27. The van der Waals surface area contributed by atoms with E-state index in [-0.39, 0.29) is 5.25 Å². The summed E-state index contributed by atoms with van der Waals surface area (Å²) in [5.74, 6) is 0. The van der Waals surface area contributed by atoms with Crippen LogP contribution in [-0.2, 0) is 10.8 Å². The van der Waals surface area contributed by atoms with Crippen LogP contribution in [0.1, 0.15) is 12.5 Å². The molecule has 2 atom stereocenters. The van der Waals surface area contributed by atoms with Gasteiger partial charge in [-0.15, -0.1) is 0 Å². The molecule has 0 aromatic heterocycles. The van der Waals surface area contributed by atoms with Gasteiger partial charge in [0.1, 0.15) is 0 Å². The highest BCUT2D eigenvalue weighted by atomic mass is 32.2. The molecule has 0 bridgehead atoms. The highest BCUT2D eigenvalue weighted by Crippen LogP contribution is 2.19. The van der Waals surface area contributed by atoms with Gasteiger partial charge in [0.15, 0.2) is 0 Å². The monoisotopic (exact) mass is 237 g/mol. The summed E-state index contributed by atoms with van der Waals surface area (Å²) in [5.41, 5.74) is 7.63. The molecule has 86 valence electrons. The number of benzene rings is 1. The summed E-state index contributed by atoms with van der Waals surface area (Å²) in [7, 11) is -0.866. The zero-order valence-electron chi connectivity index (χ0n) is 9.36. The van der Waals surface area contributed by atoms with Crippen LogP contribution in [-0.4, -0.2) is 22.3 Å². The summed E-state index contributed by atoms with van der Waals surface area (Å²) in [6.45, 7) is 2.47. The second-order valence-electron chi connectivity index (χ2n) is 3.60. The molecule has 0 fully saturated rings. The number of anilines is 2. The van der Waals surface area contributed by atoms with Crippen LogP contribution in [0.3, 0.4) is 0 Å². The van der Waals surface area contributed by atoms with E-state index in [1.807, 2.05) is 13.0 Å². The fraction of sp³-hybridized carbons (Fsp3) is 0.364. The van der Waals surface area contributed by atoms with Gasteiger partial charge < -0.3 is 11.1 Å². The molecule has 4 nitrogen and oxygen atoms in total. The Morgan fingerprint density at radius 2 is 2.31 bits per heavy atom. The van der Waals surface area contributed by atoms with Crippen molar-refractivity contribution in [3.63, 3.8) is 0 Å². The fourth-order valence-corrected chi connectivity index (χ4v) is 1.47. The summed E-state index contributed by atoms with van der Waals surface area (Å²) >= 11 is 0. The molecule has 0 saturated carbocycles. The molecule has 2 unspecified atom stereocenters. The number of nitrogens with one attached hydrogen (secondary N) is 1. The lowest BCUT2D eigenvalue weighted by molar-refractivity contribution is 0.679. The molecule has 1 aromatic carbocycles. The molecule has 0 amide bonds. The van der Waals surface area contributed by atoms with E-state index >= 15 is 0 Å². The maximum absolute atomic E-state index is 11.2. The van der Waals surface area contributed by atoms with Crippen molar-refractivity contribution >= 4 is 22.2 Å². The van der Waals surface area contributed by atoms with Crippen molar-refractivity contribution in [3.8, 4) is 6.07 Å². The maximum Gasteiger partial charge on any atom is 0.0992 e. The van der Waals surface area contributed by atoms with E-state index in [0.29, 0.717) is 17.8 Å². The molecule has 3 N–H and O–H groups in total. The largest absolute Gasteiger partial charge is 0.397 e. The molecular weight excluding hydrogens is 222 g/mol. The zero-order chi connectivity index (χ0) is 12.1. The van der Waals surface area contributed by atoms with Crippen molar-refractivity contribution in [3.05, 3.63) is 23.8 Å². The Morgan fingerprint density at radius 1 is 1.62 bits per heavy atom. The Balaban J connectivity index is 2.74. The smallest absolute Gasteiger partial charge is 0.0992 e. The number of nitriles is 1. The van der Waals surface area contributed by atoms with Crippen molar-refractivity contribution < 1.29 is 4.21 Å². The minimum Gasteiger partial charge on any atom is -0.397 e. The van der Waals surface area contributed by atoms with Crippen LogP contribution in [0.25, 0.3) is 0 Å². The third-order valence-corrected chi connectivity index (χ3v) is 3.63. The van der Waals surface area contributed by atoms with Crippen LogP contribution in [0.15, 0.2) is 18.2 Å². The van der Waals surface area contributed by atoms with Crippen LogP contribution >= 0.6 is 0 Å². The van der Waals surface area contributed by atoms with Crippen LogP contribution in [0.2, 0.25) is 0 Å². The SMILES string of the molecule is CC(CNc1cc(C#N)ccc1N)S(C)=O. The predicted octanol–water partition coefficient (Wildman–Crippen LogP) is 1.32. The Labute approximate surface area is 97.9 Å². The second kappa shape index (κ2) is 5.52. The Hall–Kier alpha value is -1.54. The lowest BCUT2D eigenvalue weighted by atomic mass is 10.2. The van der Waals surface area contributed by atoms with Crippen LogP contribution in [0, 0.1) is 11.3 Å². The van der Waals surface area contributed by atoms with Gasteiger partial charge in [-0.05, 0) is 25.1 Å². The second-order valence-corrected chi connectivity index (χ2v) is 5.41. The van der Waals surface area contributed by atoms with E-state index in [1.165, 1.54) is 0 Å². The molecular formula is C11H15N3OS. The van der Waals surface area contributed by atoms with Gasteiger partial charge in [-0.25, -0.2) is 0 Å². The zero-order valence-corrected chi connectivity index (χ0v) is 10.2. The van der Waals surface area contributed by atoms with Crippen molar-refractivity contribution in [2.75, 3.05) is 23.9 Å². The number of nitrogens with zero attached hydrogens (tertiary/aromatic N) is 1. The van der Waals surface area contributed by atoms with Gasteiger partial charge in [0.25, 0.3) is 0 Å². The van der Waals surface area contributed by atoms with Crippen molar-refractivity contribution in [2.24, 2.45) is 0 Å². The normalized spacial score (nSPS) is 13.8. The quantitative estimate of drug-likeness (QED) is 0.774. The van der Waals surface area contributed by atoms with E-state index in [1.54, 1.807) is 24.5 Å². The molecule has 0 saturated heterocycles. The third kappa shape index (κ3) is 3.24. The molecule has 5 heteroatoms. The molecule has 0 heterocycles. The van der Waals surface area contributed by atoms with E-state index in [4.69, 9.17) is 11.0 Å². The molecule has 0 radical (unpaired) electrons. The minimum absolute atomic E-state index is 0.0464. The third-order valence-electron chi connectivity index (χ3n) is 2.33. The molecule has 0 spiro atoms. The Morgan fingerprint density at radius 3 is 2.88 bits per heavy atom. The summed E-state index contributed by atoms with van der Waals surface area (Å²) in [6.07, 6.45) is 1.67. The molecule has 1 rings (SSSR count). The molecule has 16 heavy (non-hydrogen) atoms. The average molecular weight is 237 g/mol. The number of nitrogen functional groups attached to an aromatic ring is 1. The first-order valence-electron chi connectivity index (χ1n) is 4.90. The van der Waals surface area contributed by atoms with Gasteiger partial charge in [0.2, 0.25) is 0 Å². The number of rotatable bonds is 4. The van der Waals surface area contributed by atoms with Crippen LogP contribution in [0.4, 0.5) is 11.4 Å². The minimum atomic E-state index is -0.866. The highest BCUT2D eigenvalue weighted by molar-refractivity contribution is 7.84. The molecule has 0 aliphatic rings. The Kier molecular flexibility index (Phi) is 4.32. The van der Waals surface area contributed by atoms with Crippen molar-refractivity contribution in [1.82, 2.24) is 0 Å². The van der Waals surface area contributed by atoms with Gasteiger partial charge in [-0.1, -0.05) is 0 Å². The highest BCUT2D eigenvalue weighted by Gasteiger charge is 2.07. The fourth-order valence-electron chi connectivity index (χ4n) is 1.15. The first-order chi connectivity index (χ1) is 7.54. The molecule has 0 aliphatic carbocycles. The molecule has 1 aromatic rings. The van der Waals surface area contributed by atoms with E-state index in [9.17, 15) is 4.21 Å². The number of nitrogens with two attached hydrogens (primary N) is 1. The summed E-state index contributed by atoms with van der Waals surface area (Å²) in [4.78, 5) is 0. The van der Waals surface area contributed by atoms with Crippen molar-refractivity contribution in [1.29, 1.82) is 5.26 Å². The lowest BCUT2D eigenvalue weighted by Crippen LogP contribution is -2.21. The topological polar surface area (TPSA) is 78.9 Å². The van der Waals surface area contributed by atoms with Gasteiger partial charge >= 0.3 is 0 Å². The Bertz CT molecular complexity index is 439. The van der Waals surface area contributed by atoms with Crippen LogP contribution < -0.4 is 11.1 Å². The predicted molar refractivity (Wildman–Crippen MR) is 67.6 cm³/mol. The van der Waals surface area contributed by atoms with Crippen molar-refractivity contribution in [2.45, 2.75) is 12.2 Å². The summed E-state index contributed by atoms with van der Waals surface area (Å²) < 4.78 is 11.2. The number of hydrogen-bond acceptors (Lipinski definition) is 4. The van der Waals surface area contributed by atoms with Gasteiger partial charge in [-0.3, -0.25) is 4.21 Å². The first-order valence-corrected chi connectivity index (χ1v) is 6.52. The maximum atomic E-state index is 11.2. The van der Waals surface area contributed by atoms with Gasteiger partial charge in [-0.2, -0.15) is 5.26 Å². The lowest BCUT2D eigenvalue weighted by Gasteiger charge is -2.13. The van der Waals surface area contributed by atoms with Crippen LogP contribution in [0.5, 0.6) is 0 Å². The summed E-state index contributed by atoms with van der Waals surface area (Å²) in [5, 5.41) is 11.9.